The number of aromatic amines is 1. The van der Waals surface area contributed by atoms with Crippen molar-refractivity contribution < 1.29 is 22.3 Å². The highest BCUT2D eigenvalue weighted by atomic mass is 19.4. The fourth-order valence-corrected chi connectivity index (χ4v) is 2.48. The summed E-state index contributed by atoms with van der Waals surface area (Å²) in [4.78, 5) is 18.2. The second kappa shape index (κ2) is 6.82. The zero-order chi connectivity index (χ0) is 19.8. The minimum Gasteiger partial charge on any atom is -0.406 e. The summed E-state index contributed by atoms with van der Waals surface area (Å²) in [5.41, 5.74) is 0.333. The maximum Gasteiger partial charge on any atom is 0.573 e. The number of benzene rings is 1. The van der Waals surface area contributed by atoms with Crippen LogP contribution in [0.5, 0.6) is 5.75 Å². The van der Waals surface area contributed by atoms with Crippen LogP contribution in [0.4, 0.5) is 17.6 Å². The lowest BCUT2D eigenvalue weighted by Crippen LogP contribution is -2.17. The Hall–Kier alpha value is -3.24. The van der Waals surface area contributed by atoms with Crippen LogP contribution in [0, 0.1) is 12.7 Å². The maximum absolute atomic E-state index is 14.2. The second-order valence-electron chi connectivity index (χ2n) is 5.71. The Morgan fingerprint density at radius 2 is 1.96 bits per heavy atom. The molecule has 0 aliphatic carbocycles. The fourth-order valence-electron chi connectivity index (χ4n) is 2.48. The van der Waals surface area contributed by atoms with Gasteiger partial charge < -0.3 is 9.72 Å². The van der Waals surface area contributed by atoms with Gasteiger partial charge in [0.15, 0.2) is 0 Å². The van der Waals surface area contributed by atoms with Gasteiger partial charge in [0.25, 0.3) is 5.56 Å². The Labute approximate surface area is 149 Å². The number of aryl methyl sites for hydroxylation is 1. The molecule has 0 aliphatic rings. The van der Waals surface area contributed by atoms with E-state index in [2.05, 4.69) is 25.0 Å². The highest BCUT2D eigenvalue weighted by Gasteiger charge is 2.31. The highest BCUT2D eigenvalue weighted by molar-refractivity contribution is 5.51. The predicted octanol–water partition coefficient (Wildman–Crippen LogP) is 2.98. The van der Waals surface area contributed by atoms with Gasteiger partial charge in [-0.2, -0.15) is 0 Å². The summed E-state index contributed by atoms with van der Waals surface area (Å²) in [6, 6.07) is 3.42. The Balaban J connectivity index is 1.87. The summed E-state index contributed by atoms with van der Waals surface area (Å²) in [5, 5.41) is 7.80. The van der Waals surface area contributed by atoms with E-state index in [4.69, 9.17) is 0 Å². The number of nitrogens with zero attached hydrogens (tertiary/aromatic N) is 4. The Morgan fingerprint density at radius 1 is 1.22 bits per heavy atom. The Bertz CT molecular complexity index is 1030. The molecular formula is C16H13F4N5O2. The topological polar surface area (TPSA) is 85.7 Å². The third-order valence-electron chi connectivity index (χ3n) is 3.69. The number of halogens is 4. The maximum atomic E-state index is 14.2. The van der Waals surface area contributed by atoms with Crippen LogP contribution < -0.4 is 10.3 Å². The molecule has 3 aromatic rings. The molecule has 2 aromatic heterocycles. The second-order valence-corrected chi connectivity index (χ2v) is 5.71. The van der Waals surface area contributed by atoms with Crippen LogP contribution in [0.25, 0.3) is 11.4 Å². The molecule has 0 spiro atoms. The van der Waals surface area contributed by atoms with Gasteiger partial charge in [-0.05, 0) is 19.9 Å². The van der Waals surface area contributed by atoms with Gasteiger partial charge in [0.05, 0.1) is 17.9 Å². The molecule has 27 heavy (non-hydrogen) atoms. The van der Waals surface area contributed by atoms with Crippen molar-refractivity contribution in [3.63, 3.8) is 0 Å². The number of aromatic nitrogens is 5. The van der Waals surface area contributed by atoms with E-state index in [1.807, 2.05) is 0 Å². The van der Waals surface area contributed by atoms with Crippen LogP contribution in [0.2, 0.25) is 0 Å². The van der Waals surface area contributed by atoms with Crippen molar-refractivity contribution in [3.05, 3.63) is 58.0 Å². The summed E-state index contributed by atoms with van der Waals surface area (Å²) in [6.07, 6.45) is -3.44. The van der Waals surface area contributed by atoms with Crippen LogP contribution in [0.15, 0.2) is 35.3 Å². The van der Waals surface area contributed by atoms with Gasteiger partial charge in [-0.3, -0.25) is 4.79 Å². The molecule has 2 heterocycles. The van der Waals surface area contributed by atoms with Crippen molar-refractivity contribution >= 4 is 0 Å². The smallest absolute Gasteiger partial charge is 0.406 e. The number of ether oxygens (including phenoxy) is 1. The van der Waals surface area contributed by atoms with Crippen molar-refractivity contribution in [1.82, 2.24) is 25.0 Å². The fraction of sp³-hybridized carbons (Fsp3) is 0.250. The zero-order valence-electron chi connectivity index (χ0n) is 14.1. The van der Waals surface area contributed by atoms with Gasteiger partial charge in [-0.25, -0.2) is 14.1 Å². The third-order valence-corrected chi connectivity index (χ3v) is 3.69. The van der Waals surface area contributed by atoms with Crippen LogP contribution in [0.1, 0.15) is 24.4 Å². The molecule has 0 saturated heterocycles. The molecule has 0 amide bonds. The normalized spacial score (nSPS) is 12.8. The SMILES string of the molecule is Cc1nc(-c2cn(C(C)c3ccc(OC(F)(F)F)cc3F)nn2)cc(=O)[nH]1. The number of nitrogens with one attached hydrogen (secondary N) is 1. The molecule has 11 heteroatoms. The van der Waals surface area contributed by atoms with Crippen molar-refractivity contribution in [2.24, 2.45) is 0 Å². The average Bonchev–Trinajstić information content (AvgIpc) is 3.02. The number of hydrogen-bond donors (Lipinski definition) is 1. The molecule has 0 bridgehead atoms. The van der Waals surface area contributed by atoms with Crippen molar-refractivity contribution in [2.45, 2.75) is 26.3 Å². The van der Waals surface area contributed by atoms with E-state index in [9.17, 15) is 22.4 Å². The first-order valence-electron chi connectivity index (χ1n) is 7.68. The van der Waals surface area contributed by atoms with Crippen molar-refractivity contribution in [1.29, 1.82) is 0 Å². The lowest BCUT2D eigenvalue weighted by atomic mass is 10.1. The summed E-state index contributed by atoms with van der Waals surface area (Å²) in [6.45, 7) is 3.20. The van der Waals surface area contributed by atoms with Crippen LogP contribution in [-0.2, 0) is 0 Å². The number of hydrogen-bond acceptors (Lipinski definition) is 5. The molecular weight excluding hydrogens is 370 g/mol. The van der Waals surface area contributed by atoms with Gasteiger partial charge in [0, 0.05) is 17.7 Å². The Morgan fingerprint density at radius 3 is 2.59 bits per heavy atom. The van der Waals surface area contributed by atoms with E-state index in [0.29, 0.717) is 23.3 Å². The molecule has 0 saturated carbocycles. The van der Waals surface area contributed by atoms with E-state index in [1.165, 1.54) is 23.0 Å². The van der Waals surface area contributed by atoms with E-state index in [-0.39, 0.29) is 11.1 Å². The van der Waals surface area contributed by atoms with Gasteiger partial charge in [0.2, 0.25) is 0 Å². The molecule has 0 fully saturated rings. The van der Waals surface area contributed by atoms with Crippen molar-refractivity contribution in [3.8, 4) is 17.1 Å². The van der Waals surface area contributed by atoms with Crippen LogP contribution in [0.3, 0.4) is 0 Å². The molecule has 3 rings (SSSR count). The lowest BCUT2D eigenvalue weighted by molar-refractivity contribution is -0.274. The largest absolute Gasteiger partial charge is 0.573 e. The quantitative estimate of drug-likeness (QED) is 0.700. The van der Waals surface area contributed by atoms with E-state index < -0.39 is 24.0 Å². The number of rotatable bonds is 4. The van der Waals surface area contributed by atoms with Crippen molar-refractivity contribution in [2.75, 3.05) is 0 Å². The Kier molecular flexibility index (Phi) is 4.68. The lowest BCUT2D eigenvalue weighted by Gasteiger charge is -2.14. The third kappa shape index (κ3) is 4.30. The highest BCUT2D eigenvalue weighted by Crippen LogP contribution is 2.28. The minimum absolute atomic E-state index is 0.0935. The molecule has 0 aliphatic heterocycles. The molecule has 142 valence electrons. The molecule has 1 unspecified atom stereocenters. The molecule has 1 aromatic carbocycles. The van der Waals surface area contributed by atoms with Crippen LogP contribution in [-0.4, -0.2) is 31.3 Å². The monoisotopic (exact) mass is 383 g/mol. The minimum atomic E-state index is -4.90. The molecule has 1 N–H and O–H groups in total. The number of alkyl halides is 3. The van der Waals surface area contributed by atoms with Crippen LogP contribution >= 0.6 is 0 Å². The number of H-pyrrole nitrogens is 1. The van der Waals surface area contributed by atoms with Gasteiger partial charge in [0.1, 0.15) is 23.1 Å². The van der Waals surface area contributed by atoms with Gasteiger partial charge in [-0.15, -0.1) is 18.3 Å². The summed E-state index contributed by atoms with van der Waals surface area (Å²) in [7, 11) is 0. The molecule has 7 nitrogen and oxygen atoms in total. The summed E-state index contributed by atoms with van der Waals surface area (Å²) < 4.78 is 55.9. The first-order chi connectivity index (χ1) is 12.6. The molecule has 0 radical (unpaired) electrons. The first kappa shape index (κ1) is 18.5. The van der Waals surface area contributed by atoms with E-state index in [1.54, 1.807) is 13.8 Å². The summed E-state index contributed by atoms with van der Waals surface area (Å²) in [5.74, 6) is -1.14. The zero-order valence-corrected chi connectivity index (χ0v) is 14.1. The average molecular weight is 383 g/mol. The standard InChI is InChI=1S/C16H13F4N5O2/c1-8(11-4-3-10(5-12(11)17)27-16(18,19)20)25-7-14(23-24-25)13-6-15(26)22-9(2)21-13/h3-8H,1-2H3,(H,21,22,26). The first-order valence-corrected chi connectivity index (χ1v) is 7.68. The van der Waals surface area contributed by atoms with Gasteiger partial charge in [-0.1, -0.05) is 11.3 Å². The molecule has 1 atom stereocenters. The van der Waals surface area contributed by atoms with E-state index >= 15 is 0 Å². The van der Waals surface area contributed by atoms with Gasteiger partial charge >= 0.3 is 6.36 Å². The van der Waals surface area contributed by atoms with E-state index in [0.717, 1.165) is 6.07 Å². The predicted molar refractivity (Wildman–Crippen MR) is 85.5 cm³/mol. The summed E-state index contributed by atoms with van der Waals surface area (Å²) >= 11 is 0.